The Bertz CT molecular complexity index is 833. The van der Waals surface area contributed by atoms with Crippen molar-refractivity contribution in [3.8, 4) is 0 Å². The van der Waals surface area contributed by atoms with Gasteiger partial charge in [0.05, 0.1) is 17.5 Å². The van der Waals surface area contributed by atoms with Crippen LogP contribution in [-0.2, 0) is 21.4 Å². The minimum Gasteiger partial charge on any atom is -0.371 e. The summed E-state index contributed by atoms with van der Waals surface area (Å²) in [5.41, 5.74) is 0. The predicted octanol–water partition coefficient (Wildman–Crippen LogP) is 2.91. The highest BCUT2D eigenvalue weighted by Crippen LogP contribution is 2.34. The van der Waals surface area contributed by atoms with Gasteiger partial charge in [-0.15, -0.1) is 0 Å². The van der Waals surface area contributed by atoms with Crippen LogP contribution in [0, 0.1) is 5.92 Å². The molecule has 7 nitrogen and oxygen atoms in total. The molecule has 1 saturated heterocycles. The van der Waals surface area contributed by atoms with Gasteiger partial charge >= 0.3 is 0 Å². The highest BCUT2D eigenvalue weighted by Gasteiger charge is 2.37. The Hall–Kier alpha value is -1.77. The normalized spacial score (nSPS) is 21.8. The van der Waals surface area contributed by atoms with E-state index in [1.54, 1.807) is 30.3 Å². The molecule has 1 aliphatic heterocycles. The lowest BCUT2D eigenvalue weighted by molar-refractivity contribution is 0.0894. The van der Waals surface area contributed by atoms with Crippen LogP contribution in [0.25, 0.3) is 0 Å². The summed E-state index contributed by atoms with van der Waals surface area (Å²) >= 11 is 0. The minimum absolute atomic E-state index is 0.279. The molecule has 0 spiro atoms. The van der Waals surface area contributed by atoms with E-state index in [-0.39, 0.29) is 6.61 Å². The van der Waals surface area contributed by atoms with E-state index < -0.39 is 16.1 Å². The largest absolute Gasteiger partial charge is 0.371 e. The van der Waals surface area contributed by atoms with Gasteiger partial charge in [-0.1, -0.05) is 29.8 Å². The van der Waals surface area contributed by atoms with Crippen molar-refractivity contribution >= 4 is 10.0 Å². The number of nitrogens with zero attached hydrogens (tertiary/aromatic N) is 3. The molecule has 1 unspecified atom stereocenters. The number of piperidine rings is 1. The molecule has 1 aromatic heterocycles. The van der Waals surface area contributed by atoms with Crippen LogP contribution in [0.4, 0.5) is 0 Å². The van der Waals surface area contributed by atoms with Gasteiger partial charge in [0.1, 0.15) is 6.61 Å². The van der Waals surface area contributed by atoms with Crippen molar-refractivity contribution in [2.24, 2.45) is 5.92 Å². The van der Waals surface area contributed by atoms with E-state index in [0.29, 0.717) is 35.5 Å². The first-order valence-corrected chi connectivity index (χ1v) is 10.6. The molecule has 2 heterocycles. The summed E-state index contributed by atoms with van der Waals surface area (Å²) in [5, 5.41) is 4.04. The molecule has 2 aliphatic rings. The van der Waals surface area contributed by atoms with Crippen molar-refractivity contribution in [3.05, 3.63) is 42.0 Å². The lowest BCUT2D eigenvalue weighted by atomic mass is 10.0. The van der Waals surface area contributed by atoms with Crippen LogP contribution in [0.3, 0.4) is 0 Å². The van der Waals surface area contributed by atoms with Crippen molar-refractivity contribution in [3.63, 3.8) is 0 Å². The molecule has 0 bridgehead atoms. The Kier molecular flexibility index (Phi) is 5.06. The van der Waals surface area contributed by atoms with E-state index in [0.717, 1.165) is 19.4 Å². The van der Waals surface area contributed by atoms with Gasteiger partial charge in [0.15, 0.2) is 5.82 Å². The average molecular weight is 377 g/mol. The third-order valence-corrected chi connectivity index (χ3v) is 6.78. The van der Waals surface area contributed by atoms with E-state index in [2.05, 4.69) is 10.1 Å². The second-order valence-corrected chi connectivity index (χ2v) is 8.84. The summed E-state index contributed by atoms with van der Waals surface area (Å²) in [6.07, 6.45) is 4.91. The Morgan fingerprint density at radius 1 is 1.15 bits per heavy atom. The zero-order valence-corrected chi connectivity index (χ0v) is 15.4. The van der Waals surface area contributed by atoms with Crippen molar-refractivity contribution in [2.45, 2.75) is 49.6 Å². The summed E-state index contributed by atoms with van der Waals surface area (Å²) in [5.74, 6) is 1.50. The standard InChI is InChI=1S/C18H23N3O4S/c22-26(23,15-6-2-1-3-7-15)21-11-5-4-8-16(21)18-19-17(25-20-18)13-24-12-14-9-10-14/h1-3,6-7,14,16H,4-5,8-13H2. The molecule has 0 amide bonds. The first-order chi connectivity index (χ1) is 12.6. The number of aromatic nitrogens is 2. The quantitative estimate of drug-likeness (QED) is 0.737. The maximum absolute atomic E-state index is 13.0. The monoisotopic (exact) mass is 377 g/mol. The number of benzene rings is 1. The van der Waals surface area contributed by atoms with Gasteiger partial charge in [0, 0.05) is 6.54 Å². The molecule has 4 rings (SSSR count). The maximum Gasteiger partial charge on any atom is 0.252 e. The van der Waals surface area contributed by atoms with Gasteiger partial charge in [-0.05, 0) is 43.7 Å². The van der Waals surface area contributed by atoms with Gasteiger partial charge in [-0.3, -0.25) is 0 Å². The Balaban J connectivity index is 1.51. The zero-order chi connectivity index (χ0) is 18.0. The summed E-state index contributed by atoms with van der Waals surface area (Å²) in [4.78, 5) is 4.69. The van der Waals surface area contributed by atoms with Gasteiger partial charge < -0.3 is 9.26 Å². The Morgan fingerprint density at radius 2 is 1.96 bits per heavy atom. The van der Waals surface area contributed by atoms with Gasteiger partial charge in [0.25, 0.3) is 5.89 Å². The number of hydrogen-bond donors (Lipinski definition) is 0. The van der Waals surface area contributed by atoms with E-state index in [4.69, 9.17) is 9.26 Å². The second-order valence-electron chi connectivity index (χ2n) is 6.95. The molecule has 2 aromatic rings. The van der Waals surface area contributed by atoms with Gasteiger partial charge in [-0.2, -0.15) is 9.29 Å². The van der Waals surface area contributed by atoms with E-state index >= 15 is 0 Å². The van der Waals surface area contributed by atoms with Crippen LogP contribution >= 0.6 is 0 Å². The molecule has 1 atom stereocenters. The van der Waals surface area contributed by atoms with Gasteiger partial charge in [0.2, 0.25) is 10.0 Å². The van der Waals surface area contributed by atoms with Crippen LogP contribution in [0.5, 0.6) is 0 Å². The predicted molar refractivity (Wildman–Crippen MR) is 93.6 cm³/mol. The lowest BCUT2D eigenvalue weighted by Gasteiger charge is -2.32. The number of rotatable bonds is 7. The molecule has 1 aliphatic carbocycles. The summed E-state index contributed by atoms with van der Waals surface area (Å²) in [6, 6.07) is 8.11. The minimum atomic E-state index is -3.59. The van der Waals surface area contributed by atoms with E-state index in [1.807, 2.05) is 0 Å². The van der Waals surface area contributed by atoms with Crippen LogP contribution in [0.2, 0.25) is 0 Å². The van der Waals surface area contributed by atoms with Crippen LogP contribution in [0.1, 0.15) is 49.9 Å². The maximum atomic E-state index is 13.0. The third kappa shape index (κ3) is 3.82. The first-order valence-electron chi connectivity index (χ1n) is 9.12. The van der Waals surface area contributed by atoms with Crippen LogP contribution in [0.15, 0.2) is 39.8 Å². The third-order valence-electron chi connectivity index (χ3n) is 4.86. The van der Waals surface area contributed by atoms with Crippen molar-refractivity contribution in [2.75, 3.05) is 13.2 Å². The Morgan fingerprint density at radius 3 is 2.73 bits per heavy atom. The van der Waals surface area contributed by atoms with Gasteiger partial charge in [-0.25, -0.2) is 8.42 Å². The summed E-state index contributed by atoms with van der Waals surface area (Å²) < 4.78 is 38.5. The second kappa shape index (κ2) is 7.46. The lowest BCUT2D eigenvalue weighted by Crippen LogP contribution is -2.39. The van der Waals surface area contributed by atoms with Crippen molar-refractivity contribution < 1.29 is 17.7 Å². The van der Waals surface area contributed by atoms with Crippen molar-refractivity contribution in [1.82, 2.24) is 14.4 Å². The number of ether oxygens (including phenoxy) is 1. The fraction of sp³-hybridized carbons (Fsp3) is 0.556. The molecule has 26 heavy (non-hydrogen) atoms. The number of sulfonamides is 1. The summed E-state index contributed by atoms with van der Waals surface area (Å²) in [7, 11) is -3.59. The molecule has 1 aromatic carbocycles. The fourth-order valence-electron chi connectivity index (χ4n) is 3.24. The smallest absolute Gasteiger partial charge is 0.252 e. The SMILES string of the molecule is O=S(=O)(c1ccccc1)N1CCCCC1c1noc(COCC2CC2)n1. The molecular weight excluding hydrogens is 354 g/mol. The summed E-state index contributed by atoms with van der Waals surface area (Å²) in [6.45, 7) is 1.46. The van der Waals surface area contributed by atoms with Crippen LogP contribution in [-0.4, -0.2) is 36.0 Å². The molecule has 0 N–H and O–H groups in total. The highest BCUT2D eigenvalue weighted by molar-refractivity contribution is 7.89. The molecule has 0 radical (unpaired) electrons. The molecule has 1 saturated carbocycles. The fourth-order valence-corrected chi connectivity index (χ4v) is 4.91. The topological polar surface area (TPSA) is 85.5 Å². The van der Waals surface area contributed by atoms with E-state index in [1.165, 1.54) is 17.1 Å². The van der Waals surface area contributed by atoms with Crippen LogP contribution < -0.4 is 0 Å². The highest BCUT2D eigenvalue weighted by atomic mass is 32.2. The average Bonchev–Trinajstić information content (AvgIpc) is 3.38. The first kappa shape index (κ1) is 17.6. The van der Waals surface area contributed by atoms with E-state index in [9.17, 15) is 8.42 Å². The zero-order valence-electron chi connectivity index (χ0n) is 14.6. The Labute approximate surface area is 153 Å². The molecule has 140 valence electrons. The molecular formula is C18H23N3O4S. The van der Waals surface area contributed by atoms with Crippen molar-refractivity contribution in [1.29, 1.82) is 0 Å². The molecule has 8 heteroatoms. The number of hydrogen-bond acceptors (Lipinski definition) is 6. The molecule has 2 fully saturated rings.